The van der Waals surface area contributed by atoms with E-state index in [0.29, 0.717) is 0 Å². The second-order valence-corrected chi connectivity index (χ2v) is 3.60. The van der Waals surface area contributed by atoms with Gasteiger partial charge >= 0.3 is 0 Å². The maximum absolute atomic E-state index is 11.7. The first-order valence-electron chi connectivity index (χ1n) is 4.79. The zero-order valence-electron chi connectivity index (χ0n) is 9.27. The summed E-state index contributed by atoms with van der Waals surface area (Å²) in [6.45, 7) is 0. The van der Waals surface area contributed by atoms with Crippen molar-refractivity contribution >= 4 is 29.3 Å². The van der Waals surface area contributed by atoms with Crippen LogP contribution in [0.25, 0.3) is 0 Å². The summed E-state index contributed by atoms with van der Waals surface area (Å²) in [5, 5.41) is 8.68. The predicted octanol–water partition coefficient (Wildman–Crippen LogP) is 0.696. The summed E-state index contributed by atoms with van der Waals surface area (Å²) in [5.41, 5.74) is 5.57. The van der Waals surface area contributed by atoms with Crippen molar-refractivity contribution in [3.63, 3.8) is 0 Å². The third-order valence-corrected chi connectivity index (χ3v) is 2.14. The Hall–Kier alpha value is -2.35. The number of hydrogen-bond donors (Lipinski definition) is 3. The van der Waals surface area contributed by atoms with Crippen molar-refractivity contribution in [2.24, 2.45) is 0 Å². The average molecular weight is 269 g/mol. The van der Waals surface area contributed by atoms with E-state index in [-0.39, 0.29) is 28.5 Å². The van der Waals surface area contributed by atoms with Crippen LogP contribution in [-0.2, 0) is 0 Å². The molecular formula is C9H9ClN6O2. The van der Waals surface area contributed by atoms with Crippen molar-refractivity contribution in [1.29, 1.82) is 0 Å². The minimum absolute atomic E-state index is 0.0255. The number of aromatic amines is 1. The third kappa shape index (κ3) is 2.66. The van der Waals surface area contributed by atoms with Gasteiger partial charge in [0.2, 0.25) is 11.8 Å². The number of nitrogen functional groups attached to an aromatic ring is 1. The van der Waals surface area contributed by atoms with E-state index in [1.54, 1.807) is 0 Å². The smallest absolute Gasteiger partial charge is 0.276 e. The van der Waals surface area contributed by atoms with Crippen molar-refractivity contribution in [2.75, 3.05) is 18.2 Å². The number of methoxy groups -OCH3 is 1. The summed E-state index contributed by atoms with van der Waals surface area (Å²) in [4.78, 5) is 19.5. The lowest BCUT2D eigenvalue weighted by molar-refractivity contribution is 0.102. The molecule has 0 aliphatic heterocycles. The fourth-order valence-corrected chi connectivity index (χ4v) is 1.35. The zero-order chi connectivity index (χ0) is 13.1. The third-order valence-electron chi connectivity index (χ3n) is 1.95. The van der Waals surface area contributed by atoms with Crippen molar-refractivity contribution in [3.8, 4) is 5.88 Å². The number of rotatable bonds is 3. The molecule has 2 rings (SSSR count). The van der Waals surface area contributed by atoms with Gasteiger partial charge in [0.05, 0.1) is 7.11 Å². The molecule has 0 atom stereocenters. The number of nitrogens with one attached hydrogen (secondary N) is 2. The molecule has 1 amide bonds. The molecule has 4 N–H and O–H groups in total. The molecule has 8 nitrogen and oxygen atoms in total. The van der Waals surface area contributed by atoms with Gasteiger partial charge in [-0.2, -0.15) is 10.1 Å². The van der Waals surface area contributed by atoms with Gasteiger partial charge in [0.15, 0.2) is 0 Å². The topological polar surface area (TPSA) is 119 Å². The van der Waals surface area contributed by atoms with E-state index in [9.17, 15) is 4.79 Å². The second-order valence-electron chi connectivity index (χ2n) is 3.22. The van der Waals surface area contributed by atoms with Crippen LogP contribution >= 0.6 is 11.6 Å². The molecule has 0 aliphatic rings. The molecule has 0 unspecified atom stereocenters. The Labute approximate surface area is 107 Å². The summed E-state index contributed by atoms with van der Waals surface area (Å²) in [7, 11) is 1.43. The van der Waals surface area contributed by atoms with Crippen molar-refractivity contribution in [3.05, 3.63) is 23.0 Å². The number of halogens is 1. The summed E-state index contributed by atoms with van der Waals surface area (Å²) in [5.74, 6) is 0.000193. The number of aromatic nitrogens is 4. The summed E-state index contributed by atoms with van der Waals surface area (Å²) in [6.07, 6.45) is 0. The van der Waals surface area contributed by atoms with E-state index in [2.05, 4.69) is 25.5 Å². The maximum atomic E-state index is 11.7. The zero-order valence-corrected chi connectivity index (χ0v) is 10.0. The van der Waals surface area contributed by atoms with Crippen LogP contribution in [0.15, 0.2) is 12.1 Å². The van der Waals surface area contributed by atoms with Gasteiger partial charge in [-0.15, -0.1) is 0 Å². The summed E-state index contributed by atoms with van der Waals surface area (Å²) in [6, 6.07) is 2.81. The summed E-state index contributed by atoms with van der Waals surface area (Å²) < 4.78 is 4.90. The Morgan fingerprint density at radius 2 is 2.28 bits per heavy atom. The van der Waals surface area contributed by atoms with Crippen LogP contribution in [0.3, 0.4) is 0 Å². The largest absolute Gasteiger partial charge is 0.481 e. The molecule has 0 bridgehead atoms. The number of hydrogen-bond acceptors (Lipinski definition) is 6. The highest BCUT2D eigenvalue weighted by atomic mass is 35.5. The molecule has 2 aromatic rings. The Kier molecular flexibility index (Phi) is 3.28. The molecular weight excluding hydrogens is 260 g/mol. The van der Waals surface area contributed by atoms with E-state index >= 15 is 0 Å². The molecule has 0 spiro atoms. The highest BCUT2D eigenvalue weighted by molar-refractivity contribution is 6.29. The number of amides is 1. The van der Waals surface area contributed by atoms with Crippen LogP contribution < -0.4 is 15.8 Å². The number of H-pyrrole nitrogens is 1. The number of carbonyl (C=O) groups excluding carboxylic acids is 1. The lowest BCUT2D eigenvalue weighted by atomic mass is 10.4. The normalized spacial score (nSPS) is 10.1. The van der Waals surface area contributed by atoms with E-state index < -0.39 is 5.91 Å². The van der Waals surface area contributed by atoms with Crippen LogP contribution in [0.4, 0.5) is 11.8 Å². The maximum Gasteiger partial charge on any atom is 0.276 e. The predicted molar refractivity (Wildman–Crippen MR) is 64.5 cm³/mol. The number of ether oxygens (including phenoxy) is 1. The number of anilines is 2. The quantitative estimate of drug-likeness (QED) is 0.705. The Morgan fingerprint density at radius 3 is 2.89 bits per heavy atom. The number of nitrogens with zero attached hydrogens (tertiary/aromatic N) is 3. The number of carbonyl (C=O) groups is 1. The SMILES string of the molecule is COc1cc(Cl)nc(NC(=O)c2cc(N)n[nH]2)n1. The molecule has 2 aromatic heterocycles. The average Bonchev–Trinajstić information content (AvgIpc) is 2.75. The molecule has 0 aromatic carbocycles. The second kappa shape index (κ2) is 4.88. The fourth-order valence-electron chi connectivity index (χ4n) is 1.18. The lowest BCUT2D eigenvalue weighted by Crippen LogP contribution is -2.15. The van der Waals surface area contributed by atoms with Gasteiger partial charge in [-0.3, -0.25) is 15.2 Å². The first-order valence-corrected chi connectivity index (χ1v) is 5.17. The number of nitrogens with two attached hydrogens (primary N) is 1. The monoisotopic (exact) mass is 268 g/mol. The standard InChI is InChI=1S/C9H9ClN6O2/c1-18-7-3-5(10)12-9(13-7)14-8(17)4-2-6(11)16-15-4/h2-3H,1H3,(H3,11,15,16)(H,12,13,14,17). The first-order chi connectivity index (χ1) is 8.58. The Bertz CT molecular complexity index is 584. The minimum Gasteiger partial charge on any atom is -0.481 e. The molecule has 9 heteroatoms. The molecule has 0 saturated carbocycles. The van der Waals surface area contributed by atoms with E-state index in [0.717, 1.165) is 0 Å². The Morgan fingerprint density at radius 1 is 1.50 bits per heavy atom. The molecule has 94 valence electrons. The lowest BCUT2D eigenvalue weighted by Gasteiger charge is -2.04. The van der Waals surface area contributed by atoms with Crippen LogP contribution in [0, 0.1) is 0 Å². The Balaban J connectivity index is 2.18. The van der Waals surface area contributed by atoms with E-state index in [1.807, 2.05) is 0 Å². The van der Waals surface area contributed by atoms with Crippen molar-refractivity contribution in [2.45, 2.75) is 0 Å². The van der Waals surface area contributed by atoms with Crippen molar-refractivity contribution < 1.29 is 9.53 Å². The van der Waals surface area contributed by atoms with Crippen LogP contribution in [0.1, 0.15) is 10.5 Å². The van der Waals surface area contributed by atoms with E-state index in [4.69, 9.17) is 22.1 Å². The van der Waals surface area contributed by atoms with Crippen LogP contribution in [0.5, 0.6) is 5.88 Å². The highest BCUT2D eigenvalue weighted by Crippen LogP contribution is 2.16. The van der Waals surface area contributed by atoms with Crippen molar-refractivity contribution in [1.82, 2.24) is 20.2 Å². The molecule has 18 heavy (non-hydrogen) atoms. The molecule has 0 saturated heterocycles. The van der Waals surface area contributed by atoms with Gasteiger partial charge < -0.3 is 10.5 Å². The molecule has 0 aliphatic carbocycles. The van der Waals surface area contributed by atoms with Gasteiger partial charge in [-0.05, 0) is 0 Å². The minimum atomic E-state index is -0.483. The van der Waals surface area contributed by atoms with Gasteiger partial charge in [-0.25, -0.2) is 4.98 Å². The van der Waals surface area contributed by atoms with E-state index in [1.165, 1.54) is 19.2 Å². The van der Waals surface area contributed by atoms with Crippen LogP contribution in [-0.4, -0.2) is 33.2 Å². The van der Waals surface area contributed by atoms with Gasteiger partial charge in [0.25, 0.3) is 5.91 Å². The highest BCUT2D eigenvalue weighted by Gasteiger charge is 2.12. The molecule has 2 heterocycles. The summed E-state index contributed by atoms with van der Waals surface area (Å²) >= 11 is 5.74. The first kappa shape index (κ1) is 12.1. The fraction of sp³-hybridized carbons (Fsp3) is 0.111. The van der Waals surface area contributed by atoms with Gasteiger partial charge in [0.1, 0.15) is 16.7 Å². The van der Waals surface area contributed by atoms with Gasteiger partial charge in [-0.1, -0.05) is 11.6 Å². The van der Waals surface area contributed by atoms with Crippen LogP contribution in [0.2, 0.25) is 5.15 Å². The van der Waals surface area contributed by atoms with Gasteiger partial charge in [0, 0.05) is 12.1 Å². The molecule has 0 fully saturated rings. The molecule has 0 radical (unpaired) electrons.